The highest BCUT2D eigenvalue weighted by molar-refractivity contribution is 6.07. The number of carbonyl (C=O) groups is 2. The fourth-order valence-corrected chi connectivity index (χ4v) is 4.54. The maximum atomic E-state index is 13.2. The summed E-state index contributed by atoms with van der Waals surface area (Å²) in [6.45, 7) is 6.05. The normalized spacial score (nSPS) is 10.9. The summed E-state index contributed by atoms with van der Waals surface area (Å²) < 4.78 is 0. The standard InChI is InChI=1S/C32H36N6O4/c1-21-25(5-3-7-27(21)31(41)37-29-11-9-23(19-35-29)17-33-13-15-39)26-6-4-8-28(22(26)2)32(42)38-30-12-10-24(20-36-30)18-34-14-16-40/h3-12,19-20,33-34,39-40H,13-18H2,1-2H3,(H,35,37,41)(H,36,38,42). The predicted molar refractivity (Wildman–Crippen MR) is 163 cm³/mol. The molecule has 0 fully saturated rings. The van der Waals surface area contributed by atoms with Gasteiger partial charge in [-0.1, -0.05) is 36.4 Å². The second kappa shape index (κ2) is 14.9. The van der Waals surface area contributed by atoms with E-state index < -0.39 is 0 Å². The van der Waals surface area contributed by atoms with Crippen molar-refractivity contribution in [1.29, 1.82) is 0 Å². The van der Waals surface area contributed by atoms with Crippen molar-refractivity contribution in [2.75, 3.05) is 36.9 Å². The molecule has 0 aliphatic heterocycles. The molecule has 4 aromatic rings. The number of benzene rings is 2. The quantitative estimate of drug-likeness (QED) is 0.134. The van der Waals surface area contributed by atoms with E-state index in [1.54, 1.807) is 36.7 Å². The van der Waals surface area contributed by atoms with Gasteiger partial charge in [0.2, 0.25) is 0 Å². The Morgan fingerprint density at radius 3 is 1.43 bits per heavy atom. The van der Waals surface area contributed by atoms with Crippen molar-refractivity contribution in [1.82, 2.24) is 20.6 Å². The Balaban J connectivity index is 1.48. The molecule has 0 saturated carbocycles. The van der Waals surface area contributed by atoms with E-state index in [0.29, 0.717) is 48.9 Å². The van der Waals surface area contributed by atoms with E-state index in [1.165, 1.54) is 0 Å². The predicted octanol–water partition coefficient (Wildman–Crippen LogP) is 3.43. The number of anilines is 2. The van der Waals surface area contributed by atoms with E-state index in [4.69, 9.17) is 10.2 Å². The minimum absolute atomic E-state index is 0.0644. The molecule has 0 spiro atoms. The van der Waals surface area contributed by atoms with Gasteiger partial charge in [-0.15, -0.1) is 0 Å². The van der Waals surface area contributed by atoms with Crippen LogP contribution in [-0.4, -0.2) is 58.3 Å². The first-order valence-electron chi connectivity index (χ1n) is 13.8. The van der Waals surface area contributed by atoms with Crippen LogP contribution in [-0.2, 0) is 13.1 Å². The van der Waals surface area contributed by atoms with E-state index in [-0.39, 0.29) is 25.0 Å². The number of nitrogens with one attached hydrogen (secondary N) is 4. The molecule has 0 radical (unpaired) electrons. The number of nitrogens with zero attached hydrogens (tertiary/aromatic N) is 2. The van der Waals surface area contributed by atoms with Crippen molar-refractivity contribution < 1.29 is 19.8 Å². The molecular formula is C32H36N6O4. The first-order valence-corrected chi connectivity index (χ1v) is 13.8. The zero-order chi connectivity index (χ0) is 29.9. The van der Waals surface area contributed by atoms with Crippen LogP contribution >= 0.6 is 0 Å². The number of aliphatic hydroxyl groups is 2. The lowest BCUT2D eigenvalue weighted by Crippen LogP contribution is -2.18. The molecule has 6 N–H and O–H groups in total. The molecule has 0 atom stereocenters. The first kappa shape index (κ1) is 30.5. The highest BCUT2D eigenvalue weighted by Crippen LogP contribution is 2.31. The van der Waals surface area contributed by atoms with Gasteiger partial charge in [0.15, 0.2) is 0 Å². The lowest BCUT2D eigenvalue weighted by Gasteiger charge is -2.16. The summed E-state index contributed by atoms with van der Waals surface area (Å²) in [5.74, 6) is 0.323. The second-order valence-corrected chi connectivity index (χ2v) is 9.77. The van der Waals surface area contributed by atoms with E-state index in [1.807, 2.05) is 50.2 Å². The Morgan fingerprint density at radius 1 is 0.643 bits per heavy atom. The molecule has 2 aromatic heterocycles. The first-order chi connectivity index (χ1) is 20.4. The van der Waals surface area contributed by atoms with Gasteiger partial charge in [-0.25, -0.2) is 9.97 Å². The van der Waals surface area contributed by atoms with Crippen LogP contribution in [0.15, 0.2) is 73.1 Å². The van der Waals surface area contributed by atoms with Gasteiger partial charge in [0, 0.05) is 49.7 Å². The van der Waals surface area contributed by atoms with Crippen LogP contribution in [0.4, 0.5) is 11.6 Å². The number of hydrogen-bond acceptors (Lipinski definition) is 8. The van der Waals surface area contributed by atoms with Gasteiger partial charge in [-0.2, -0.15) is 0 Å². The van der Waals surface area contributed by atoms with Crippen LogP contribution in [0.2, 0.25) is 0 Å². The van der Waals surface area contributed by atoms with E-state index in [0.717, 1.165) is 33.4 Å². The topological polar surface area (TPSA) is 148 Å². The van der Waals surface area contributed by atoms with Crippen molar-refractivity contribution in [3.05, 3.63) is 106 Å². The van der Waals surface area contributed by atoms with Gasteiger partial charge in [-0.3, -0.25) is 9.59 Å². The molecule has 0 bridgehead atoms. The smallest absolute Gasteiger partial charge is 0.257 e. The summed E-state index contributed by atoms with van der Waals surface area (Å²) in [5, 5.41) is 29.7. The number of amides is 2. The summed E-state index contributed by atoms with van der Waals surface area (Å²) in [5.41, 5.74) is 6.18. The number of hydrogen-bond donors (Lipinski definition) is 6. The maximum Gasteiger partial charge on any atom is 0.257 e. The van der Waals surface area contributed by atoms with Gasteiger partial charge in [0.1, 0.15) is 11.6 Å². The highest BCUT2D eigenvalue weighted by Gasteiger charge is 2.18. The minimum Gasteiger partial charge on any atom is -0.395 e. The van der Waals surface area contributed by atoms with Crippen molar-refractivity contribution in [2.24, 2.45) is 0 Å². The molecule has 10 heteroatoms. The molecule has 42 heavy (non-hydrogen) atoms. The van der Waals surface area contributed by atoms with Crippen LogP contribution in [0, 0.1) is 13.8 Å². The zero-order valence-corrected chi connectivity index (χ0v) is 23.8. The fraction of sp³-hybridized carbons (Fsp3) is 0.250. The van der Waals surface area contributed by atoms with Crippen LogP contribution in [0.5, 0.6) is 0 Å². The summed E-state index contributed by atoms with van der Waals surface area (Å²) >= 11 is 0. The molecule has 0 saturated heterocycles. The monoisotopic (exact) mass is 568 g/mol. The van der Waals surface area contributed by atoms with E-state index >= 15 is 0 Å². The van der Waals surface area contributed by atoms with Crippen molar-refractivity contribution in [3.63, 3.8) is 0 Å². The minimum atomic E-state index is -0.277. The van der Waals surface area contributed by atoms with Crippen LogP contribution < -0.4 is 21.3 Å². The average Bonchev–Trinajstić information content (AvgIpc) is 2.99. The van der Waals surface area contributed by atoms with Crippen molar-refractivity contribution in [3.8, 4) is 11.1 Å². The average molecular weight is 569 g/mol. The molecule has 10 nitrogen and oxygen atoms in total. The van der Waals surface area contributed by atoms with E-state index in [9.17, 15) is 9.59 Å². The Morgan fingerprint density at radius 2 is 1.07 bits per heavy atom. The molecule has 2 heterocycles. The Hall–Kier alpha value is -4.48. The SMILES string of the molecule is Cc1c(C(=O)Nc2ccc(CNCCO)cn2)cccc1-c1cccc(C(=O)Nc2ccc(CNCCO)cn2)c1C. The molecule has 2 aromatic carbocycles. The third-order valence-electron chi connectivity index (χ3n) is 6.82. The van der Waals surface area contributed by atoms with Crippen LogP contribution in [0.1, 0.15) is 43.0 Å². The number of rotatable bonds is 13. The molecule has 218 valence electrons. The summed E-state index contributed by atoms with van der Waals surface area (Å²) in [6, 6.07) is 18.3. The summed E-state index contributed by atoms with van der Waals surface area (Å²) in [7, 11) is 0. The zero-order valence-electron chi connectivity index (χ0n) is 23.8. The molecule has 2 amide bonds. The molecule has 4 rings (SSSR count). The number of aliphatic hydroxyl groups excluding tert-OH is 2. The third kappa shape index (κ3) is 7.83. The largest absolute Gasteiger partial charge is 0.395 e. The van der Waals surface area contributed by atoms with Gasteiger partial charge in [0.25, 0.3) is 11.8 Å². The van der Waals surface area contributed by atoms with Gasteiger partial charge < -0.3 is 31.5 Å². The summed E-state index contributed by atoms with van der Waals surface area (Å²) in [6.07, 6.45) is 3.37. The van der Waals surface area contributed by atoms with Gasteiger partial charge in [-0.05, 0) is 71.5 Å². The number of aromatic nitrogens is 2. The lowest BCUT2D eigenvalue weighted by atomic mass is 9.91. The van der Waals surface area contributed by atoms with Crippen LogP contribution in [0.3, 0.4) is 0 Å². The number of pyridine rings is 2. The Labute approximate surface area is 245 Å². The van der Waals surface area contributed by atoms with Gasteiger partial charge in [0.05, 0.1) is 13.2 Å². The van der Waals surface area contributed by atoms with Crippen molar-refractivity contribution in [2.45, 2.75) is 26.9 Å². The molecular weight excluding hydrogens is 532 g/mol. The summed E-state index contributed by atoms with van der Waals surface area (Å²) in [4.78, 5) is 35.1. The molecule has 0 unspecified atom stereocenters. The number of carbonyl (C=O) groups excluding carboxylic acids is 2. The van der Waals surface area contributed by atoms with E-state index in [2.05, 4.69) is 31.2 Å². The highest BCUT2D eigenvalue weighted by atomic mass is 16.3. The lowest BCUT2D eigenvalue weighted by molar-refractivity contribution is 0.101. The van der Waals surface area contributed by atoms with Crippen LogP contribution in [0.25, 0.3) is 11.1 Å². The fourth-order valence-electron chi connectivity index (χ4n) is 4.54. The molecule has 0 aliphatic carbocycles. The van der Waals surface area contributed by atoms with Crippen molar-refractivity contribution >= 4 is 23.5 Å². The maximum absolute atomic E-state index is 13.2. The Kier molecular flexibility index (Phi) is 10.8. The third-order valence-corrected chi connectivity index (χ3v) is 6.82. The second-order valence-electron chi connectivity index (χ2n) is 9.77. The Bertz CT molecular complexity index is 1390. The van der Waals surface area contributed by atoms with Gasteiger partial charge >= 0.3 is 0 Å². The molecule has 0 aliphatic rings.